The Morgan fingerprint density at radius 2 is 1.89 bits per heavy atom. The van der Waals surface area contributed by atoms with Crippen LogP contribution in [0.5, 0.6) is 0 Å². The maximum absolute atomic E-state index is 13.4. The second kappa shape index (κ2) is 6.87. The average Bonchev–Trinajstić information content (AvgIpc) is 3.38. The summed E-state index contributed by atoms with van der Waals surface area (Å²) < 4.78 is 15.6. The standard InChI is InChI=1S/C22H21FN4O/c23-15-3-1-14(2-4-15)17-6-5-16(28)13-20(17)27-12-11-26-22(27)19-8-10-25-21-18(19)7-9-24-21/h1-4,7-12,16-17,20,28H,5-6,13H2,(H,24,25). The first kappa shape index (κ1) is 17.1. The van der Waals surface area contributed by atoms with Gasteiger partial charge in [0, 0.05) is 47.7 Å². The highest BCUT2D eigenvalue weighted by Crippen LogP contribution is 2.43. The molecule has 142 valence electrons. The number of rotatable bonds is 3. The number of pyridine rings is 1. The molecule has 5 rings (SSSR count). The molecule has 1 fully saturated rings. The van der Waals surface area contributed by atoms with Crippen LogP contribution in [0.25, 0.3) is 22.4 Å². The van der Waals surface area contributed by atoms with E-state index in [1.807, 2.05) is 36.7 Å². The first-order chi connectivity index (χ1) is 13.7. The molecular weight excluding hydrogens is 355 g/mol. The zero-order chi connectivity index (χ0) is 19.1. The number of aromatic nitrogens is 4. The summed E-state index contributed by atoms with van der Waals surface area (Å²) >= 11 is 0. The van der Waals surface area contributed by atoms with E-state index in [0.717, 1.165) is 40.8 Å². The fraction of sp³-hybridized carbons (Fsp3) is 0.273. The molecule has 2 N–H and O–H groups in total. The minimum absolute atomic E-state index is 0.0499. The third-order valence-corrected chi connectivity index (χ3v) is 5.81. The van der Waals surface area contributed by atoms with Gasteiger partial charge in [-0.2, -0.15) is 0 Å². The first-order valence-electron chi connectivity index (χ1n) is 9.59. The SMILES string of the molecule is OC1CCC(c2ccc(F)cc2)C(n2ccnc2-c2ccnc3[nH]ccc23)C1. The molecule has 4 aromatic rings. The second-order valence-electron chi connectivity index (χ2n) is 7.45. The largest absolute Gasteiger partial charge is 0.393 e. The number of aliphatic hydroxyl groups excluding tert-OH is 1. The van der Waals surface area contributed by atoms with Crippen LogP contribution in [0.2, 0.25) is 0 Å². The molecule has 6 heteroatoms. The molecule has 3 atom stereocenters. The molecule has 1 aliphatic rings. The van der Waals surface area contributed by atoms with Crippen molar-refractivity contribution in [3.05, 3.63) is 72.6 Å². The molecule has 0 spiro atoms. The molecule has 0 bridgehead atoms. The van der Waals surface area contributed by atoms with E-state index in [0.29, 0.717) is 6.42 Å². The Balaban J connectivity index is 1.60. The highest BCUT2D eigenvalue weighted by atomic mass is 19.1. The van der Waals surface area contributed by atoms with Crippen molar-refractivity contribution in [1.82, 2.24) is 19.5 Å². The number of benzene rings is 1. The molecular formula is C22H21FN4O. The Morgan fingerprint density at radius 1 is 1.04 bits per heavy atom. The number of hydrogen-bond donors (Lipinski definition) is 2. The predicted octanol–water partition coefficient (Wildman–Crippen LogP) is 4.44. The lowest BCUT2D eigenvalue weighted by atomic mass is 9.78. The summed E-state index contributed by atoms with van der Waals surface area (Å²) in [4.78, 5) is 12.2. The number of hydrogen-bond acceptors (Lipinski definition) is 3. The summed E-state index contributed by atoms with van der Waals surface area (Å²) in [6, 6.07) is 10.8. The van der Waals surface area contributed by atoms with Crippen molar-refractivity contribution in [3.8, 4) is 11.4 Å². The zero-order valence-electron chi connectivity index (χ0n) is 15.3. The smallest absolute Gasteiger partial charge is 0.140 e. The van der Waals surface area contributed by atoms with E-state index in [2.05, 4.69) is 19.5 Å². The third-order valence-electron chi connectivity index (χ3n) is 5.81. The fourth-order valence-corrected chi connectivity index (χ4v) is 4.48. The lowest BCUT2D eigenvalue weighted by Gasteiger charge is -2.36. The summed E-state index contributed by atoms with van der Waals surface area (Å²) in [5.74, 6) is 0.824. The van der Waals surface area contributed by atoms with Crippen molar-refractivity contribution >= 4 is 11.0 Å². The van der Waals surface area contributed by atoms with Crippen LogP contribution in [0.1, 0.15) is 36.8 Å². The van der Waals surface area contributed by atoms with Crippen molar-refractivity contribution in [1.29, 1.82) is 0 Å². The van der Waals surface area contributed by atoms with E-state index in [-0.39, 0.29) is 23.9 Å². The van der Waals surface area contributed by atoms with Crippen LogP contribution in [-0.2, 0) is 0 Å². The van der Waals surface area contributed by atoms with E-state index < -0.39 is 0 Å². The van der Waals surface area contributed by atoms with Crippen molar-refractivity contribution in [2.24, 2.45) is 0 Å². The highest BCUT2D eigenvalue weighted by Gasteiger charge is 2.33. The molecule has 3 unspecified atom stereocenters. The molecule has 0 aliphatic heterocycles. The normalized spacial score (nSPS) is 22.6. The van der Waals surface area contributed by atoms with Crippen LogP contribution in [0, 0.1) is 5.82 Å². The molecule has 3 heterocycles. The quantitative estimate of drug-likeness (QED) is 0.556. The van der Waals surface area contributed by atoms with Gasteiger partial charge in [-0.25, -0.2) is 14.4 Å². The average molecular weight is 376 g/mol. The number of fused-ring (bicyclic) bond motifs is 1. The Morgan fingerprint density at radius 3 is 2.75 bits per heavy atom. The van der Waals surface area contributed by atoms with E-state index in [4.69, 9.17) is 0 Å². The predicted molar refractivity (Wildman–Crippen MR) is 105 cm³/mol. The van der Waals surface area contributed by atoms with Crippen LogP contribution in [0.4, 0.5) is 4.39 Å². The van der Waals surface area contributed by atoms with Gasteiger partial charge in [0.2, 0.25) is 0 Å². The topological polar surface area (TPSA) is 66.7 Å². The van der Waals surface area contributed by atoms with Gasteiger partial charge in [0.1, 0.15) is 17.3 Å². The van der Waals surface area contributed by atoms with Crippen molar-refractivity contribution in [2.75, 3.05) is 0 Å². The van der Waals surface area contributed by atoms with Gasteiger partial charge in [-0.1, -0.05) is 12.1 Å². The highest BCUT2D eigenvalue weighted by molar-refractivity contribution is 5.90. The summed E-state index contributed by atoms with van der Waals surface area (Å²) in [5.41, 5.74) is 2.93. The van der Waals surface area contributed by atoms with Crippen LogP contribution >= 0.6 is 0 Å². The van der Waals surface area contributed by atoms with E-state index in [9.17, 15) is 9.50 Å². The van der Waals surface area contributed by atoms with Gasteiger partial charge in [-0.3, -0.25) is 0 Å². The molecule has 28 heavy (non-hydrogen) atoms. The van der Waals surface area contributed by atoms with Crippen LogP contribution in [0.3, 0.4) is 0 Å². The summed E-state index contributed by atoms with van der Waals surface area (Å²) in [6.07, 6.45) is 9.34. The number of H-pyrrole nitrogens is 1. The van der Waals surface area contributed by atoms with E-state index >= 15 is 0 Å². The Labute approximate surface area is 161 Å². The first-order valence-corrected chi connectivity index (χ1v) is 9.59. The maximum atomic E-state index is 13.4. The number of nitrogens with zero attached hydrogens (tertiary/aromatic N) is 3. The number of halogens is 1. The fourth-order valence-electron chi connectivity index (χ4n) is 4.48. The Hall–Kier alpha value is -2.99. The van der Waals surface area contributed by atoms with Gasteiger partial charge >= 0.3 is 0 Å². The molecule has 0 amide bonds. The number of imidazole rings is 1. The molecule has 1 aliphatic carbocycles. The Kier molecular flexibility index (Phi) is 4.20. The van der Waals surface area contributed by atoms with Crippen LogP contribution in [-0.4, -0.2) is 30.7 Å². The second-order valence-corrected chi connectivity index (χ2v) is 7.45. The lowest BCUT2D eigenvalue weighted by Crippen LogP contribution is -2.29. The summed E-state index contributed by atoms with van der Waals surface area (Å²) in [7, 11) is 0. The molecule has 1 aromatic carbocycles. The molecule has 5 nitrogen and oxygen atoms in total. The summed E-state index contributed by atoms with van der Waals surface area (Å²) in [5, 5.41) is 11.4. The zero-order valence-corrected chi connectivity index (χ0v) is 15.3. The minimum Gasteiger partial charge on any atom is -0.393 e. The third kappa shape index (κ3) is 2.90. The monoisotopic (exact) mass is 376 g/mol. The van der Waals surface area contributed by atoms with Gasteiger partial charge in [0.15, 0.2) is 0 Å². The molecule has 3 aromatic heterocycles. The Bertz CT molecular complexity index is 1100. The van der Waals surface area contributed by atoms with Gasteiger partial charge in [-0.15, -0.1) is 0 Å². The number of aliphatic hydroxyl groups is 1. The van der Waals surface area contributed by atoms with Gasteiger partial charge in [0.25, 0.3) is 0 Å². The van der Waals surface area contributed by atoms with Crippen molar-refractivity contribution < 1.29 is 9.50 Å². The summed E-state index contributed by atoms with van der Waals surface area (Å²) in [6.45, 7) is 0. The van der Waals surface area contributed by atoms with Crippen LogP contribution in [0.15, 0.2) is 61.2 Å². The molecule has 1 saturated carbocycles. The van der Waals surface area contributed by atoms with E-state index in [1.54, 1.807) is 12.4 Å². The molecule has 0 radical (unpaired) electrons. The van der Waals surface area contributed by atoms with E-state index in [1.165, 1.54) is 12.1 Å². The minimum atomic E-state index is -0.346. The van der Waals surface area contributed by atoms with Gasteiger partial charge in [-0.05, 0) is 49.1 Å². The number of aromatic amines is 1. The van der Waals surface area contributed by atoms with Crippen molar-refractivity contribution in [3.63, 3.8) is 0 Å². The maximum Gasteiger partial charge on any atom is 0.140 e. The number of nitrogens with one attached hydrogen (secondary N) is 1. The lowest BCUT2D eigenvalue weighted by molar-refractivity contribution is 0.0928. The van der Waals surface area contributed by atoms with Gasteiger partial charge < -0.3 is 14.7 Å². The van der Waals surface area contributed by atoms with Crippen molar-refractivity contribution in [2.45, 2.75) is 37.3 Å². The van der Waals surface area contributed by atoms with Crippen LogP contribution < -0.4 is 0 Å². The van der Waals surface area contributed by atoms with Gasteiger partial charge in [0.05, 0.1) is 6.10 Å². The molecule has 0 saturated heterocycles.